The topological polar surface area (TPSA) is 96.0 Å². The van der Waals surface area contributed by atoms with Gasteiger partial charge < -0.3 is 15.0 Å². The molecule has 0 heterocycles. The molecule has 0 fully saturated rings. The largest absolute Gasteiger partial charge is 0.497 e. The second-order valence-corrected chi connectivity index (χ2v) is 13.3. The minimum atomic E-state index is -4.20. The molecule has 0 aromatic heterocycles. The number of rotatable bonds is 13. The van der Waals surface area contributed by atoms with Crippen molar-refractivity contribution < 1.29 is 22.7 Å². The van der Waals surface area contributed by atoms with E-state index in [1.54, 1.807) is 36.4 Å². The summed E-state index contributed by atoms with van der Waals surface area (Å²) in [4.78, 5) is 29.9. The van der Waals surface area contributed by atoms with E-state index < -0.39 is 28.5 Å². The summed E-state index contributed by atoms with van der Waals surface area (Å²) in [5.41, 5.74) is 3.88. The Morgan fingerprint density at radius 1 is 0.800 bits per heavy atom. The van der Waals surface area contributed by atoms with Gasteiger partial charge >= 0.3 is 0 Å². The van der Waals surface area contributed by atoms with Crippen molar-refractivity contribution in [2.24, 2.45) is 0 Å². The normalized spacial score (nSPS) is 12.0. The van der Waals surface area contributed by atoms with Gasteiger partial charge in [0.2, 0.25) is 11.8 Å². The molecule has 0 aliphatic heterocycles. The summed E-state index contributed by atoms with van der Waals surface area (Å²) < 4.78 is 34.8. The van der Waals surface area contributed by atoms with Crippen LogP contribution < -0.4 is 14.4 Å². The molecule has 0 saturated carbocycles. The Bertz CT molecular complexity index is 1710. The van der Waals surface area contributed by atoms with E-state index in [1.165, 1.54) is 24.1 Å². The fourth-order valence-corrected chi connectivity index (χ4v) is 6.48. The smallest absolute Gasteiger partial charge is 0.264 e. The van der Waals surface area contributed by atoms with Crippen molar-refractivity contribution >= 4 is 27.5 Å². The van der Waals surface area contributed by atoms with Crippen LogP contribution >= 0.6 is 0 Å². The predicted molar refractivity (Wildman–Crippen MR) is 178 cm³/mol. The first-order valence-electron chi connectivity index (χ1n) is 14.9. The number of carbonyl (C=O) groups is 2. The highest BCUT2D eigenvalue weighted by molar-refractivity contribution is 7.92. The van der Waals surface area contributed by atoms with E-state index >= 15 is 0 Å². The maximum Gasteiger partial charge on any atom is 0.264 e. The molecule has 4 aromatic rings. The summed E-state index contributed by atoms with van der Waals surface area (Å²) in [7, 11) is -2.70. The Labute approximate surface area is 266 Å². The molecule has 0 spiro atoms. The van der Waals surface area contributed by atoms with E-state index in [4.69, 9.17) is 4.74 Å². The molecule has 0 saturated heterocycles. The van der Waals surface area contributed by atoms with Crippen molar-refractivity contribution in [2.75, 3.05) is 18.0 Å². The number of methoxy groups -OCH3 is 1. The molecule has 0 aliphatic carbocycles. The van der Waals surface area contributed by atoms with Gasteiger partial charge in [-0.15, -0.1) is 0 Å². The third-order valence-corrected chi connectivity index (χ3v) is 9.15. The number of ether oxygens (including phenoxy) is 1. The van der Waals surface area contributed by atoms with Crippen LogP contribution in [0.3, 0.4) is 0 Å². The number of hydrogen-bond acceptors (Lipinski definition) is 5. The Balaban J connectivity index is 1.82. The van der Waals surface area contributed by atoms with E-state index in [9.17, 15) is 18.0 Å². The number of nitrogens with one attached hydrogen (secondary N) is 1. The van der Waals surface area contributed by atoms with Gasteiger partial charge in [-0.25, -0.2) is 8.42 Å². The SMILES string of the molecule is COc1cccc(N(CC(=O)N(Cc2cccc(C)c2)[C@H](Cc2ccccc2)C(=O)NC(C)C)S(=O)(=O)c2ccc(C)cc2)c1. The molecule has 0 bridgehead atoms. The minimum Gasteiger partial charge on any atom is -0.497 e. The zero-order valence-corrected chi connectivity index (χ0v) is 27.3. The van der Waals surface area contributed by atoms with Crippen LogP contribution in [0, 0.1) is 13.8 Å². The lowest BCUT2D eigenvalue weighted by Crippen LogP contribution is -2.54. The first kappa shape index (κ1) is 33.3. The summed E-state index contributed by atoms with van der Waals surface area (Å²) in [5.74, 6) is -0.391. The van der Waals surface area contributed by atoms with Crippen molar-refractivity contribution in [1.82, 2.24) is 10.2 Å². The molecule has 2 amide bonds. The highest BCUT2D eigenvalue weighted by Crippen LogP contribution is 2.28. The van der Waals surface area contributed by atoms with Crippen molar-refractivity contribution in [3.05, 3.63) is 125 Å². The Morgan fingerprint density at radius 2 is 1.47 bits per heavy atom. The van der Waals surface area contributed by atoms with Crippen molar-refractivity contribution in [2.45, 2.75) is 57.6 Å². The molecular formula is C36H41N3O5S. The second-order valence-electron chi connectivity index (χ2n) is 11.4. The van der Waals surface area contributed by atoms with Crippen molar-refractivity contribution in [1.29, 1.82) is 0 Å². The summed E-state index contributed by atoms with van der Waals surface area (Å²) >= 11 is 0. The van der Waals surface area contributed by atoms with Gasteiger partial charge in [-0.3, -0.25) is 13.9 Å². The first-order valence-corrected chi connectivity index (χ1v) is 16.3. The number of nitrogens with zero attached hydrogens (tertiary/aromatic N) is 2. The van der Waals surface area contributed by atoms with Crippen LogP contribution in [0.25, 0.3) is 0 Å². The van der Waals surface area contributed by atoms with E-state index in [0.29, 0.717) is 5.75 Å². The van der Waals surface area contributed by atoms with E-state index in [0.717, 1.165) is 26.6 Å². The molecule has 1 atom stereocenters. The Hall–Kier alpha value is -4.63. The number of amides is 2. The first-order chi connectivity index (χ1) is 21.5. The fourth-order valence-electron chi connectivity index (χ4n) is 5.07. The molecule has 236 valence electrons. The lowest BCUT2D eigenvalue weighted by atomic mass is 10.0. The van der Waals surface area contributed by atoms with Gasteiger partial charge in [0.05, 0.1) is 17.7 Å². The number of aryl methyl sites for hydroxylation is 2. The molecule has 45 heavy (non-hydrogen) atoms. The maximum absolute atomic E-state index is 14.5. The van der Waals surface area contributed by atoms with Gasteiger partial charge in [-0.1, -0.05) is 83.9 Å². The van der Waals surface area contributed by atoms with Gasteiger partial charge in [-0.2, -0.15) is 0 Å². The lowest BCUT2D eigenvalue weighted by Gasteiger charge is -2.34. The third-order valence-electron chi connectivity index (χ3n) is 7.37. The number of hydrogen-bond donors (Lipinski definition) is 1. The lowest BCUT2D eigenvalue weighted by molar-refractivity contribution is -0.140. The van der Waals surface area contributed by atoms with Crippen LogP contribution in [0.2, 0.25) is 0 Å². The highest BCUT2D eigenvalue weighted by Gasteiger charge is 2.35. The van der Waals surface area contributed by atoms with Crippen LogP contribution in [0.4, 0.5) is 5.69 Å². The second kappa shape index (κ2) is 14.9. The Morgan fingerprint density at radius 3 is 2.11 bits per heavy atom. The molecule has 0 aliphatic rings. The van der Waals surface area contributed by atoms with Crippen LogP contribution in [-0.4, -0.2) is 50.9 Å². The molecule has 4 rings (SSSR count). The van der Waals surface area contributed by atoms with E-state index in [-0.39, 0.29) is 35.5 Å². The quantitative estimate of drug-likeness (QED) is 0.206. The minimum absolute atomic E-state index is 0.0485. The average Bonchev–Trinajstić information content (AvgIpc) is 3.01. The number of sulfonamides is 1. The van der Waals surface area contributed by atoms with E-state index in [2.05, 4.69) is 5.32 Å². The molecule has 9 heteroatoms. The molecule has 8 nitrogen and oxygen atoms in total. The van der Waals surface area contributed by atoms with Crippen LogP contribution in [0.15, 0.2) is 108 Å². The summed E-state index contributed by atoms with van der Waals surface area (Å²) in [6.07, 6.45) is 0.251. The summed E-state index contributed by atoms with van der Waals surface area (Å²) in [6, 6.07) is 29.2. The average molecular weight is 628 g/mol. The third kappa shape index (κ3) is 8.73. The number of benzene rings is 4. The summed E-state index contributed by atoms with van der Waals surface area (Å²) in [6.45, 7) is 7.14. The molecule has 1 N–H and O–H groups in total. The predicted octanol–water partition coefficient (Wildman–Crippen LogP) is 5.67. The molecule has 0 unspecified atom stereocenters. The van der Waals surface area contributed by atoms with Gasteiger partial charge in [0, 0.05) is 25.1 Å². The number of anilines is 1. The number of carbonyl (C=O) groups excluding carboxylic acids is 2. The van der Waals surface area contributed by atoms with Gasteiger partial charge in [0.1, 0.15) is 18.3 Å². The maximum atomic E-state index is 14.5. The van der Waals surface area contributed by atoms with Crippen LogP contribution in [-0.2, 0) is 32.6 Å². The monoisotopic (exact) mass is 627 g/mol. The van der Waals surface area contributed by atoms with Gasteiger partial charge in [0.15, 0.2) is 0 Å². The molecule has 4 aromatic carbocycles. The van der Waals surface area contributed by atoms with E-state index in [1.807, 2.05) is 82.3 Å². The van der Waals surface area contributed by atoms with Gasteiger partial charge in [-0.05, 0) is 63.1 Å². The van der Waals surface area contributed by atoms with Crippen molar-refractivity contribution in [3.63, 3.8) is 0 Å². The zero-order valence-electron chi connectivity index (χ0n) is 26.4. The van der Waals surface area contributed by atoms with Crippen LogP contribution in [0.5, 0.6) is 5.75 Å². The Kier molecular flexibility index (Phi) is 11.0. The van der Waals surface area contributed by atoms with Crippen molar-refractivity contribution in [3.8, 4) is 5.75 Å². The van der Waals surface area contributed by atoms with Crippen LogP contribution in [0.1, 0.15) is 36.1 Å². The van der Waals surface area contributed by atoms with Gasteiger partial charge in [0.25, 0.3) is 10.0 Å². The molecular weight excluding hydrogens is 586 g/mol. The standard InChI is InChI=1S/C36H41N3O5S/c1-26(2)37-36(41)34(22-29-12-7-6-8-13-29)38(24-30-14-9-11-28(4)21-30)35(40)25-39(31-15-10-16-32(23-31)44-5)45(42,43)33-19-17-27(3)18-20-33/h6-21,23,26,34H,22,24-25H2,1-5H3,(H,37,41)/t34-/m1/s1. The highest BCUT2D eigenvalue weighted by atomic mass is 32.2. The molecule has 0 radical (unpaired) electrons. The fraction of sp³-hybridized carbons (Fsp3) is 0.278. The zero-order chi connectivity index (χ0) is 32.6. The summed E-state index contributed by atoms with van der Waals surface area (Å²) in [5, 5.41) is 2.98.